The van der Waals surface area contributed by atoms with Crippen LogP contribution in [0.2, 0.25) is 0 Å². The number of nitrogens with one attached hydrogen (secondary N) is 1. The second-order valence-electron chi connectivity index (χ2n) is 4.83. The zero-order valence-electron chi connectivity index (χ0n) is 10.1. The number of carbonyl (C=O) groups excluding carboxylic acids is 2. The van der Waals surface area contributed by atoms with Crippen LogP contribution in [0.3, 0.4) is 0 Å². The average molecular weight is 239 g/mol. The molecule has 0 aromatic carbocycles. The molecule has 2 heterocycles. The topological polar surface area (TPSA) is 46.2 Å². The highest BCUT2D eigenvalue weighted by molar-refractivity contribution is 8.01. The van der Waals surface area contributed by atoms with Crippen LogP contribution in [0.4, 0.5) is 0 Å². The van der Waals surface area contributed by atoms with Crippen LogP contribution in [-0.2, 0) is 9.59 Å². The molecule has 3 nitrogen and oxygen atoms in total. The van der Waals surface area contributed by atoms with Crippen molar-refractivity contribution in [3.8, 4) is 0 Å². The maximum atomic E-state index is 11.6. The molecule has 1 saturated heterocycles. The highest BCUT2D eigenvalue weighted by Crippen LogP contribution is 2.52. The molecule has 1 fully saturated rings. The summed E-state index contributed by atoms with van der Waals surface area (Å²) in [5.41, 5.74) is 1.81. The van der Waals surface area contributed by atoms with Crippen molar-refractivity contribution in [3.05, 3.63) is 11.3 Å². The van der Waals surface area contributed by atoms with Crippen LogP contribution in [0.25, 0.3) is 0 Å². The molecule has 1 unspecified atom stereocenters. The standard InChI is InChI=1S/C12H17NO2S/c1-6-11(8(3)15)10-5-9(7(2)14)12(4,13-6)16-10/h9-10,13H,5H2,1-4H3/t9-,10+,12?/m1/s1. The van der Waals surface area contributed by atoms with Gasteiger partial charge in [0.2, 0.25) is 0 Å². The molecule has 1 N–H and O–H groups in total. The van der Waals surface area contributed by atoms with Gasteiger partial charge in [0.15, 0.2) is 5.78 Å². The van der Waals surface area contributed by atoms with Crippen LogP contribution in [0.15, 0.2) is 11.3 Å². The number of ketones is 2. The first-order valence-corrected chi connectivity index (χ1v) is 6.41. The summed E-state index contributed by atoms with van der Waals surface area (Å²) in [5.74, 6) is 0.339. The highest BCUT2D eigenvalue weighted by atomic mass is 32.2. The molecule has 2 aliphatic rings. The average Bonchev–Trinajstić information content (AvgIpc) is 2.36. The number of Topliss-reactive ketones (excluding diaryl/α,β-unsaturated/α-hetero) is 2. The third-order valence-corrected chi connectivity index (χ3v) is 5.12. The Labute approximate surface area is 100 Å². The lowest BCUT2D eigenvalue weighted by Gasteiger charge is -2.35. The van der Waals surface area contributed by atoms with Gasteiger partial charge in [-0.1, -0.05) is 0 Å². The molecule has 2 rings (SSSR count). The molecule has 16 heavy (non-hydrogen) atoms. The largest absolute Gasteiger partial charge is 0.374 e. The van der Waals surface area contributed by atoms with E-state index in [9.17, 15) is 9.59 Å². The van der Waals surface area contributed by atoms with Crippen molar-refractivity contribution in [1.82, 2.24) is 5.32 Å². The van der Waals surface area contributed by atoms with Crippen molar-refractivity contribution in [3.63, 3.8) is 0 Å². The molecule has 0 aliphatic carbocycles. The number of allylic oxidation sites excluding steroid dienone is 1. The van der Waals surface area contributed by atoms with Gasteiger partial charge in [0.25, 0.3) is 0 Å². The van der Waals surface area contributed by atoms with E-state index in [1.165, 1.54) is 0 Å². The zero-order valence-corrected chi connectivity index (χ0v) is 10.9. The monoisotopic (exact) mass is 239 g/mol. The molecular weight excluding hydrogens is 222 g/mol. The van der Waals surface area contributed by atoms with Gasteiger partial charge in [0.1, 0.15) is 5.78 Å². The van der Waals surface area contributed by atoms with Gasteiger partial charge in [-0.15, -0.1) is 11.8 Å². The summed E-state index contributed by atoms with van der Waals surface area (Å²) in [6.07, 6.45) is 0.787. The van der Waals surface area contributed by atoms with Gasteiger partial charge in [0.05, 0.1) is 10.8 Å². The Morgan fingerprint density at radius 2 is 2.06 bits per heavy atom. The molecule has 3 atom stereocenters. The minimum atomic E-state index is -0.223. The molecule has 2 aliphatic heterocycles. The van der Waals surface area contributed by atoms with Crippen molar-refractivity contribution in [2.75, 3.05) is 0 Å². The Bertz CT molecular complexity index is 402. The second-order valence-corrected chi connectivity index (χ2v) is 6.49. The van der Waals surface area contributed by atoms with Crippen LogP contribution in [0, 0.1) is 5.92 Å². The summed E-state index contributed by atoms with van der Waals surface area (Å²) in [4.78, 5) is 23.0. The van der Waals surface area contributed by atoms with E-state index in [0.717, 1.165) is 17.7 Å². The van der Waals surface area contributed by atoms with E-state index in [4.69, 9.17) is 0 Å². The van der Waals surface area contributed by atoms with Crippen molar-refractivity contribution in [2.45, 2.75) is 44.2 Å². The fourth-order valence-corrected chi connectivity index (χ4v) is 4.86. The van der Waals surface area contributed by atoms with Gasteiger partial charge in [-0.05, 0) is 34.1 Å². The Kier molecular flexibility index (Phi) is 2.65. The summed E-state index contributed by atoms with van der Waals surface area (Å²) < 4.78 is 0. The van der Waals surface area contributed by atoms with Gasteiger partial charge in [-0.25, -0.2) is 0 Å². The van der Waals surface area contributed by atoms with Crippen LogP contribution in [-0.4, -0.2) is 21.7 Å². The highest BCUT2D eigenvalue weighted by Gasteiger charge is 2.51. The summed E-state index contributed by atoms with van der Waals surface area (Å²) in [6, 6.07) is 0. The molecule has 0 spiro atoms. The first-order valence-electron chi connectivity index (χ1n) is 5.53. The van der Waals surface area contributed by atoms with Crippen molar-refractivity contribution < 1.29 is 9.59 Å². The molecule has 0 aromatic rings. The molecule has 0 amide bonds. The second kappa shape index (κ2) is 3.62. The van der Waals surface area contributed by atoms with E-state index in [2.05, 4.69) is 12.2 Å². The lowest BCUT2D eigenvalue weighted by molar-refractivity contribution is -0.121. The normalized spacial score (nSPS) is 37.2. The van der Waals surface area contributed by atoms with E-state index >= 15 is 0 Å². The number of hydrogen-bond donors (Lipinski definition) is 1. The predicted molar refractivity (Wildman–Crippen MR) is 65.1 cm³/mol. The number of fused-ring (bicyclic) bond motifs is 2. The van der Waals surface area contributed by atoms with E-state index in [1.54, 1.807) is 25.6 Å². The minimum Gasteiger partial charge on any atom is -0.374 e. The fraction of sp³-hybridized carbons (Fsp3) is 0.667. The Morgan fingerprint density at radius 3 is 2.56 bits per heavy atom. The summed E-state index contributed by atoms with van der Waals surface area (Å²) in [7, 11) is 0. The number of rotatable bonds is 2. The van der Waals surface area contributed by atoms with Crippen molar-refractivity contribution in [2.24, 2.45) is 5.92 Å². The lowest BCUT2D eigenvalue weighted by Crippen LogP contribution is -2.46. The quantitative estimate of drug-likeness (QED) is 0.799. The Morgan fingerprint density at radius 1 is 1.44 bits per heavy atom. The van der Waals surface area contributed by atoms with Gasteiger partial charge in [-0.2, -0.15) is 0 Å². The van der Waals surface area contributed by atoms with Gasteiger partial charge < -0.3 is 5.32 Å². The Balaban J connectivity index is 2.38. The van der Waals surface area contributed by atoms with E-state index < -0.39 is 0 Å². The van der Waals surface area contributed by atoms with E-state index in [1.807, 2.05) is 6.92 Å². The fourth-order valence-electron chi connectivity index (χ4n) is 2.88. The molecular formula is C12H17NO2S. The van der Waals surface area contributed by atoms with Crippen LogP contribution < -0.4 is 5.32 Å². The van der Waals surface area contributed by atoms with Crippen molar-refractivity contribution >= 4 is 23.3 Å². The SMILES string of the molecule is CC(=O)C1=C(C)NC2(C)S[C@H]1C[C@@H]2C(C)=O. The minimum absolute atomic E-state index is 0.00861. The Hall–Kier alpha value is -0.770. The molecule has 0 radical (unpaired) electrons. The molecule has 0 saturated carbocycles. The maximum absolute atomic E-state index is 11.6. The van der Waals surface area contributed by atoms with Crippen LogP contribution in [0.1, 0.15) is 34.1 Å². The lowest BCUT2D eigenvalue weighted by atomic mass is 9.91. The van der Waals surface area contributed by atoms with Crippen LogP contribution in [0.5, 0.6) is 0 Å². The van der Waals surface area contributed by atoms with Gasteiger partial charge >= 0.3 is 0 Å². The molecule has 0 aromatic heterocycles. The molecule has 2 bridgehead atoms. The summed E-state index contributed by atoms with van der Waals surface area (Å²) in [6.45, 7) is 7.24. The summed E-state index contributed by atoms with van der Waals surface area (Å²) in [5, 5.41) is 3.54. The van der Waals surface area contributed by atoms with E-state index in [0.29, 0.717) is 0 Å². The van der Waals surface area contributed by atoms with Gasteiger partial charge in [0, 0.05) is 16.5 Å². The first-order chi connectivity index (χ1) is 7.35. The smallest absolute Gasteiger partial charge is 0.158 e. The number of carbonyl (C=O) groups is 2. The van der Waals surface area contributed by atoms with Crippen LogP contribution >= 0.6 is 11.8 Å². The first kappa shape index (κ1) is 11.7. The third kappa shape index (κ3) is 1.59. The van der Waals surface area contributed by atoms with Gasteiger partial charge in [-0.3, -0.25) is 9.59 Å². The third-order valence-electron chi connectivity index (χ3n) is 3.53. The predicted octanol–water partition coefficient (Wildman–Crippen LogP) is 1.88. The molecule has 4 heteroatoms. The van der Waals surface area contributed by atoms with Crippen molar-refractivity contribution in [1.29, 1.82) is 0 Å². The maximum Gasteiger partial charge on any atom is 0.158 e. The summed E-state index contributed by atoms with van der Waals surface area (Å²) >= 11 is 1.72. The number of hydrogen-bond acceptors (Lipinski definition) is 4. The molecule has 88 valence electrons. The zero-order chi connectivity index (χ0) is 12.1. The number of thioether (sulfide) groups is 1. The van der Waals surface area contributed by atoms with E-state index in [-0.39, 0.29) is 27.6 Å².